The van der Waals surface area contributed by atoms with E-state index in [1.54, 1.807) is 36.2 Å². The second-order valence-electron chi connectivity index (χ2n) is 7.23. The van der Waals surface area contributed by atoms with Gasteiger partial charge in [0.1, 0.15) is 19.3 Å². The van der Waals surface area contributed by atoms with E-state index >= 15 is 0 Å². The molecule has 0 spiro atoms. The van der Waals surface area contributed by atoms with Crippen molar-refractivity contribution in [3.8, 4) is 11.5 Å². The third kappa shape index (κ3) is 4.63. The van der Waals surface area contributed by atoms with E-state index in [0.29, 0.717) is 31.1 Å². The first kappa shape index (κ1) is 19.7. The molecule has 6 nitrogen and oxygen atoms in total. The van der Waals surface area contributed by atoms with E-state index in [1.165, 1.54) is 0 Å². The van der Waals surface area contributed by atoms with E-state index in [-0.39, 0.29) is 17.7 Å². The number of rotatable bonds is 6. The molecule has 1 N–H and O–H groups in total. The molecule has 6 heteroatoms. The predicted octanol–water partition coefficient (Wildman–Crippen LogP) is 2.87. The van der Waals surface area contributed by atoms with E-state index in [4.69, 9.17) is 9.47 Å². The van der Waals surface area contributed by atoms with Gasteiger partial charge in [-0.3, -0.25) is 9.59 Å². The van der Waals surface area contributed by atoms with Crippen LogP contribution in [0.15, 0.2) is 48.5 Å². The lowest BCUT2D eigenvalue weighted by atomic mass is 10.0. The Morgan fingerprint density at radius 2 is 1.71 bits per heavy atom. The molecule has 1 unspecified atom stereocenters. The molecule has 1 aliphatic heterocycles. The zero-order valence-electron chi connectivity index (χ0n) is 16.5. The van der Waals surface area contributed by atoms with Crippen LogP contribution in [-0.2, 0) is 11.3 Å². The Morgan fingerprint density at radius 1 is 1.04 bits per heavy atom. The molecule has 2 amide bonds. The lowest BCUT2D eigenvalue weighted by Crippen LogP contribution is -2.50. The van der Waals surface area contributed by atoms with Gasteiger partial charge in [-0.1, -0.05) is 38.1 Å². The van der Waals surface area contributed by atoms with Crippen molar-refractivity contribution in [2.45, 2.75) is 26.4 Å². The van der Waals surface area contributed by atoms with E-state index in [1.807, 2.05) is 38.1 Å². The van der Waals surface area contributed by atoms with Gasteiger partial charge in [0, 0.05) is 19.2 Å². The predicted molar refractivity (Wildman–Crippen MR) is 106 cm³/mol. The molecule has 0 saturated carbocycles. The number of hydrogen-bond acceptors (Lipinski definition) is 4. The maximum atomic E-state index is 13.0. The van der Waals surface area contributed by atoms with Crippen LogP contribution in [0.2, 0.25) is 0 Å². The minimum absolute atomic E-state index is 0.0390. The van der Waals surface area contributed by atoms with Crippen molar-refractivity contribution < 1.29 is 19.1 Å². The summed E-state index contributed by atoms with van der Waals surface area (Å²) in [6.45, 7) is 5.32. The Kier molecular flexibility index (Phi) is 6.19. The van der Waals surface area contributed by atoms with Gasteiger partial charge in [-0.25, -0.2) is 0 Å². The topological polar surface area (TPSA) is 67.9 Å². The van der Waals surface area contributed by atoms with E-state index in [0.717, 1.165) is 11.3 Å². The quantitative estimate of drug-likeness (QED) is 0.834. The third-order valence-corrected chi connectivity index (χ3v) is 4.66. The summed E-state index contributed by atoms with van der Waals surface area (Å²) in [6.07, 6.45) is 0. The van der Waals surface area contributed by atoms with Crippen LogP contribution < -0.4 is 14.8 Å². The van der Waals surface area contributed by atoms with Gasteiger partial charge in [0.15, 0.2) is 11.5 Å². The van der Waals surface area contributed by atoms with E-state index < -0.39 is 6.04 Å². The van der Waals surface area contributed by atoms with Crippen LogP contribution in [0.5, 0.6) is 11.5 Å². The summed E-state index contributed by atoms with van der Waals surface area (Å²) in [6, 6.07) is 14.0. The van der Waals surface area contributed by atoms with Crippen LogP contribution in [0.1, 0.15) is 29.8 Å². The van der Waals surface area contributed by atoms with Crippen molar-refractivity contribution in [1.29, 1.82) is 0 Å². The molecule has 28 heavy (non-hydrogen) atoms. The fourth-order valence-corrected chi connectivity index (χ4v) is 3.10. The molecular weight excluding hydrogens is 356 g/mol. The normalized spacial score (nSPS) is 13.7. The number of carbonyl (C=O) groups excluding carboxylic acids is 2. The van der Waals surface area contributed by atoms with Gasteiger partial charge in [0.05, 0.1) is 0 Å². The number of likely N-dealkylation sites (N-methyl/N-ethyl adjacent to an activating group) is 1. The number of ether oxygens (including phenoxy) is 2. The summed E-state index contributed by atoms with van der Waals surface area (Å²) in [5, 5.41) is 2.87. The van der Waals surface area contributed by atoms with Crippen molar-refractivity contribution >= 4 is 11.8 Å². The minimum Gasteiger partial charge on any atom is -0.486 e. The maximum Gasteiger partial charge on any atom is 0.251 e. The molecule has 0 aliphatic carbocycles. The molecule has 0 aromatic heterocycles. The van der Waals surface area contributed by atoms with Crippen molar-refractivity contribution in [1.82, 2.24) is 10.2 Å². The lowest BCUT2D eigenvalue weighted by molar-refractivity contribution is -0.133. The highest BCUT2D eigenvalue weighted by Gasteiger charge is 2.27. The monoisotopic (exact) mass is 382 g/mol. The first-order valence-corrected chi connectivity index (χ1v) is 9.45. The van der Waals surface area contributed by atoms with Crippen molar-refractivity contribution in [3.63, 3.8) is 0 Å². The molecule has 148 valence electrons. The second-order valence-corrected chi connectivity index (χ2v) is 7.23. The van der Waals surface area contributed by atoms with E-state index in [2.05, 4.69) is 5.32 Å². The molecular formula is C22H26N2O4. The average molecular weight is 382 g/mol. The first-order valence-electron chi connectivity index (χ1n) is 9.45. The maximum absolute atomic E-state index is 13.0. The standard InChI is InChI=1S/C22H26N2O4/c1-15(2)20(23-21(25)17-7-5-4-6-8-17)22(26)24(3)14-16-9-10-18-19(13-16)28-12-11-27-18/h4-10,13,15,20H,11-12,14H2,1-3H3,(H,23,25). The summed E-state index contributed by atoms with van der Waals surface area (Å²) in [4.78, 5) is 27.1. The fourth-order valence-electron chi connectivity index (χ4n) is 3.10. The highest BCUT2D eigenvalue weighted by molar-refractivity contribution is 5.97. The van der Waals surface area contributed by atoms with Crippen LogP contribution in [-0.4, -0.2) is 43.0 Å². The molecule has 2 aromatic rings. The Labute approximate surface area is 165 Å². The molecule has 2 aromatic carbocycles. The summed E-state index contributed by atoms with van der Waals surface area (Å²) in [7, 11) is 1.74. The molecule has 0 radical (unpaired) electrons. The Morgan fingerprint density at radius 3 is 2.39 bits per heavy atom. The number of nitrogens with zero attached hydrogens (tertiary/aromatic N) is 1. The SMILES string of the molecule is CC(C)C(NC(=O)c1ccccc1)C(=O)N(C)Cc1ccc2c(c1)OCCO2. The Bertz CT molecular complexity index is 836. The van der Waals surface area contributed by atoms with Crippen molar-refractivity contribution in [2.24, 2.45) is 5.92 Å². The van der Waals surface area contributed by atoms with Gasteiger partial charge < -0.3 is 19.7 Å². The molecule has 1 aliphatic rings. The third-order valence-electron chi connectivity index (χ3n) is 4.66. The fraction of sp³-hybridized carbons (Fsp3) is 0.364. The highest BCUT2D eigenvalue weighted by Crippen LogP contribution is 2.31. The zero-order valence-corrected chi connectivity index (χ0v) is 16.5. The molecule has 0 fully saturated rings. The summed E-state index contributed by atoms with van der Waals surface area (Å²) in [5.41, 5.74) is 1.48. The summed E-state index contributed by atoms with van der Waals surface area (Å²) in [5.74, 6) is 0.999. The molecule has 1 atom stereocenters. The number of nitrogens with one attached hydrogen (secondary N) is 1. The van der Waals surface area contributed by atoms with Gasteiger partial charge in [0.2, 0.25) is 5.91 Å². The number of carbonyl (C=O) groups is 2. The van der Waals surface area contributed by atoms with E-state index in [9.17, 15) is 9.59 Å². The van der Waals surface area contributed by atoms with Crippen molar-refractivity contribution in [2.75, 3.05) is 20.3 Å². The van der Waals surface area contributed by atoms with Crippen LogP contribution >= 0.6 is 0 Å². The molecule has 0 saturated heterocycles. The second kappa shape index (κ2) is 8.78. The van der Waals surface area contributed by atoms with Crippen LogP contribution in [0.4, 0.5) is 0 Å². The largest absolute Gasteiger partial charge is 0.486 e. The summed E-state index contributed by atoms with van der Waals surface area (Å²) >= 11 is 0. The number of fused-ring (bicyclic) bond motifs is 1. The average Bonchev–Trinajstić information content (AvgIpc) is 2.71. The number of hydrogen-bond donors (Lipinski definition) is 1. The van der Waals surface area contributed by atoms with Gasteiger partial charge in [-0.15, -0.1) is 0 Å². The molecule has 0 bridgehead atoms. The lowest BCUT2D eigenvalue weighted by Gasteiger charge is -2.27. The van der Waals surface area contributed by atoms with Crippen LogP contribution in [0.25, 0.3) is 0 Å². The number of benzene rings is 2. The molecule has 1 heterocycles. The first-order chi connectivity index (χ1) is 13.5. The summed E-state index contributed by atoms with van der Waals surface area (Å²) < 4.78 is 11.1. The highest BCUT2D eigenvalue weighted by atomic mass is 16.6. The number of amides is 2. The molecule has 3 rings (SSSR count). The smallest absolute Gasteiger partial charge is 0.251 e. The zero-order chi connectivity index (χ0) is 20.1. The Hall–Kier alpha value is -3.02. The van der Waals surface area contributed by atoms with Gasteiger partial charge in [-0.05, 0) is 35.7 Å². The minimum atomic E-state index is -0.602. The van der Waals surface area contributed by atoms with Crippen molar-refractivity contribution in [3.05, 3.63) is 59.7 Å². The van der Waals surface area contributed by atoms with Gasteiger partial charge >= 0.3 is 0 Å². The van der Waals surface area contributed by atoms with Crippen LogP contribution in [0, 0.1) is 5.92 Å². The van der Waals surface area contributed by atoms with Gasteiger partial charge in [0.25, 0.3) is 5.91 Å². The van der Waals surface area contributed by atoms with Gasteiger partial charge in [-0.2, -0.15) is 0 Å². The Balaban J connectivity index is 1.68. The van der Waals surface area contributed by atoms with Crippen LogP contribution in [0.3, 0.4) is 0 Å².